The highest BCUT2D eigenvalue weighted by molar-refractivity contribution is 5.77. The number of nitrogens with one attached hydrogen (secondary N) is 2. The summed E-state index contributed by atoms with van der Waals surface area (Å²) in [6.45, 7) is 0.727. The first-order chi connectivity index (χ1) is 8.65. The van der Waals surface area contributed by atoms with E-state index in [2.05, 4.69) is 10.6 Å². The van der Waals surface area contributed by atoms with Gasteiger partial charge in [-0.3, -0.25) is 4.79 Å². The molecular weight excluding hydrogens is 232 g/mol. The number of aliphatic carboxylic acids is 1. The molecule has 4 unspecified atom stereocenters. The Kier molecular flexibility index (Phi) is 2.92. The number of carbonyl (C=O) groups is 2. The van der Waals surface area contributed by atoms with Gasteiger partial charge in [0.1, 0.15) is 0 Å². The number of carboxylic acids is 1. The second-order valence-electron chi connectivity index (χ2n) is 6.02. The van der Waals surface area contributed by atoms with Crippen molar-refractivity contribution in [3.05, 3.63) is 0 Å². The number of hydrogen-bond acceptors (Lipinski definition) is 2. The molecule has 0 aromatic heterocycles. The van der Waals surface area contributed by atoms with Gasteiger partial charge in [0.15, 0.2) is 0 Å². The molecule has 3 fully saturated rings. The number of fused-ring (bicyclic) bond motifs is 2. The highest BCUT2D eigenvalue weighted by Crippen LogP contribution is 2.48. The first-order valence-electron chi connectivity index (χ1n) is 6.92. The van der Waals surface area contributed by atoms with Gasteiger partial charge in [-0.2, -0.15) is 0 Å². The molecule has 0 spiro atoms. The van der Waals surface area contributed by atoms with Gasteiger partial charge < -0.3 is 15.7 Å². The van der Waals surface area contributed by atoms with E-state index >= 15 is 0 Å². The smallest absolute Gasteiger partial charge is 0.315 e. The number of rotatable bonds is 4. The Bertz CT molecular complexity index is 367. The fraction of sp³-hybridized carbons (Fsp3) is 0.846. The van der Waals surface area contributed by atoms with E-state index in [1.54, 1.807) is 0 Å². The van der Waals surface area contributed by atoms with E-state index in [4.69, 9.17) is 0 Å². The number of carboxylic acid groups (broad SMARTS) is 1. The molecule has 0 aromatic carbocycles. The molecule has 3 aliphatic carbocycles. The fourth-order valence-electron chi connectivity index (χ4n) is 3.62. The topological polar surface area (TPSA) is 78.4 Å². The largest absolute Gasteiger partial charge is 0.481 e. The predicted molar refractivity (Wildman–Crippen MR) is 65.0 cm³/mol. The van der Waals surface area contributed by atoms with Gasteiger partial charge >= 0.3 is 12.0 Å². The monoisotopic (exact) mass is 252 g/mol. The Morgan fingerprint density at radius 2 is 1.83 bits per heavy atom. The summed E-state index contributed by atoms with van der Waals surface area (Å²) in [4.78, 5) is 23.0. The second-order valence-corrected chi connectivity index (χ2v) is 6.02. The molecule has 0 heterocycles. The third kappa shape index (κ3) is 2.18. The van der Waals surface area contributed by atoms with E-state index in [1.807, 2.05) is 0 Å². The summed E-state index contributed by atoms with van der Waals surface area (Å²) < 4.78 is 0. The third-order valence-electron chi connectivity index (χ3n) is 4.75. The standard InChI is InChI=1S/C13H20N2O3/c16-12(17)10-8-3-4-9(5-8)11(10)15-13(18)14-6-7-1-2-7/h7-11H,1-6H2,(H,16,17)(H2,14,15,18). The van der Waals surface area contributed by atoms with E-state index in [0.717, 1.165) is 25.8 Å². The van der Waals surface area contributed by atoms with Crippen molar-refractivity contribution >= 4 is 12.0 Å². The lowest BCUT2D eigenvalue weighted by atomic mass is 9.84. The summed E-state index contributed by atoms with van der Waals surface area (Å²) in [5.74, 6) is 0.139. The van der Waals surface area contributed by atoms with Crippen LogP contribution >= 0.6 is 0 Å². The molecule has 100 valence electrons. The van der Waals surface area contributed by atoms with E-state index in [9.17, 15) is 14.7 Å². The summed E-state index contributed by atoms with van der Waals surface area (Å²) in [5, 5.41) is 15.0. The Morgan fingerprint density at radius 1 is 1.11 bits per heavy atom. The lowest BCUT2D eigenvalue weighted by Crippen LogP contribution is -2.50. The van der Waals surface area contributed by atoms with Gasteiger partial charge in [-0.1, -0.05) is 0 Å². The molecule has 0 aliphatic heterocycles. The zero-order valence-corrected chi connectivity index (χ0v) is 10.4. The molecule has 18 heavy (non-hydrogen) atoms. The molecule has 0 saturated heterocycles. The molecule has 5 nitrogen and oxygen atoms in total. The van der Waals surface area contributed by atoms with Crippen LogP contribution in [-0.2, 0) is 4.79 Å². The van der Waals surface area contributed by atoms with Crippen molar-refractivity contribution < 1.29 is 14.7 Å². The number of urea groups is 1. The van der Waals surface area contributed by atoms with Gasteiger partial charge in [0.05, 0.1) is 5.92 Å². The highest BCUT2D eigenvalue weighted by Gasteiger charge is 2.51. The van der Waals surface area contributed by atoms with Crippen molar-refractivity contribution in [2.75, 3.05) is 6.54 Å². The van der Waals surface area contributed by atoms with Crippen LogP contribution in [0, 0.1) is 23.7 Å². The predicted octanol–water partition coefficient (Wildman–Crippen LogP) is 1.19. The van der Waals surface area contributed by atoms with Crippen LogP contribution in [0.1, 0.15) is 32.1 Å². The van der Waals surface area contributed by atoms with Crippen LogP contribution < -0.4 is 10.6 Å². The Balaban J connectivity index is 1.56. The Labute approximate surface area is 106 Å². The average Bonchev–Trinajstić information content (AvgIpc) is 2.94. The summed E-state index contributed by atoms with van der Waals surface area (Å²) in [6.07, 6.45) is 5.42. The molecule has 3 rings (SSSR count). The van der Waals surface area contributed by atoms with Gasteiger partial charge in [0.25, 0.3) is 0 Å². The van der Waals surface area contributed by atoms with Crippen LogP contribution in [0.2, 0.25) is 0 Å². The van der Waals surface area contributed by atoms with E-state index in [0.29, 0.717) is 11.8 Å². The van der Waals surface area contributed by atoms with E-state index < -0.39 is 5.97 Å². The summed E-state index contributed by atoms with van der Waals surface area (Å²) in [5.41, 5.74) is 0. The van der Waals surface area contributed by atoms with Gasteiger partial charge in [-0.25, -0.2) is 4.79 Å². The zero-order valence-electron chi connectivity index (χ0n) is 10.4. The summed E-state index contributed by atoms with van der Waals surface area (Å²) in [7, 11) is 0. The number of carbonyl (C=O) groups excluding carboxylic acids is 1. The molecule has 4 atom stereocenters. The maximum Gasteiger partial charge on any atom is 0.315 e. The lowest BCUT2D eigenvalue weighted by Gasteiger charge is -2.28. The maximum atomic E-state index is 11.8. The molecule has 3 N–H and O–H groups in total. The molecule has 3 saturated carbocycles. The molecule has 0 radical (unpaired) electrons. The normalized spacial score (nSPS) is 37.6. The zero-order chi connectivity index (χ0) is 12.7. The second kappa shape index (κ2) is 4.44. The molecule has 2 bridgehead atoms. The first-order valence-corrected chi connectivity index (χ1v) is 6.92. The van der Waals surface area contributed by atoms with Crippen molar-refractivity contribution in [2.45, 2.75) is 38.1 Å². The van der Waals surface area contributed by atoms with Crippen LogP contribution in [0.4, 0.5) is 4.79 Å². The fourth-order valence-corrected chi connectivity index (χ4v) is 3.62. The van der Waals surface area contributed by atoms with Crippen molar-refractivity contribution in [3.8, 4) is 0 Å². The third-order valence-corrected chi connectivity index (χ3v) is 4.75. The van der Waals surface area contributed by atoms with Crippen LogP contribution in [0.15, 0.2) is 0 Å². The molecule has 0 aromatic rings. The lowest BCUT2D eigenvalue weighted by molar-refractivity contribution is -0.144. The van der Waals surface area contributed by atoms with Gasteiger partial charge in [0.2, 0.25) is 0 Å². The van der Waals surface area contributed by atoms with Gasteiger partial charge in [-0.05, 0) is 49.9 Å². The van der Waals surface area contributed by atoms with Crippen LogP contribution in [-0.4, -0.2) is 29.7 Å². The minimum atomic E-state index is -0.755. The minimum absolute atomic E-state index is 0.166. The van der Waals surface area contributed by atoms with Gasteiger partial charge in [-0.15, -0.1) is 0 Å². The quantitative estimate of drug-likeness (QED) is 0.703. The van der Waals surface area contributed by atoms with Crippen LogP contribution in [0.25, 0.3) is 0 Å². The molecule has 3 aliphatic rings. The average molecular weight is 252 g/mol. The molecule has 2 amide bonds. The van der Waals surface area contributed by atoms with E-state index in [-0.39, 0.29) is 23.9 Å². The summed E-state index contributed by atoms with van der Waals surface area (Å²) in [6, 6.07) is -0.355. The van der Waals surface area contributed by atoms with Crippen molar-refractivity contribution in [1.29, 1.82) is 0 Å². The SMILES string of the molecule is O=C(NCC1CC1)NC1C2CCC(C2)C1C(=O)O. The van der Waals surface area contributed by atoms with E-state index in [1.165, 1.54) is 12.8 Å². The summed E-state index contributed by atoms with van der Waals surface area (Å²) >= 11 is 0. The molecule has 5 heteroatoms. The number of amides is 2. The Morgan fingerprint density at radius 3 is 2.50 bits per heavy atom. The Hall–Kier alpha value is -1.26. The first kappa shape index (κ1) is 11.8. The van der Waals surface area contributed by atoms with Gasteiger partial charge in [0, 0.05) is 12.6 Å². The van der Waals surface area contributed by atoms with Crippen LogP contribution in [0.5, 0.6) is 0 Å². The van der Waals surface area contributed by atoms with Crippen molar-refractivity contribution in [2.24, 2.45) is 23.7 Å². The van der Waals surface area contributed by atoms with Crippen molar-refractivity contribution in [3.63, 3.8) is 0 Å². The minimum Gasteiger partial charge on any atom is -0.481 e. The maximum absolute atomic E-state index is 11.8. The number of hydrogen-bond donors (Lipinski definition) is 3. The van der Waals surface area contributed by atoms with Crippen LogP contribution in [0.3, 0.4) is 0 Å². The highest BCUT2D eigenvalue weighted by atomic mass is 16.4. The van der Waals surface area contributed by atoms with Crippen molar-refractivity contribution in [1.82, 2.24) is 10.6 Å². The molecular formula is C13H20N2O3.